The number of thioether (sulfide) groups is 1. The van der Waals surface area contributed by atoms with E-state index < -0.39 is 74.8 Å². The van der Waals surface area contributed by atoms with Crippen LogP contribution < -0.4 is 40.9 Å². The fraction of sp³-hybridized carbons (Fsp3) is 0.574. The van der Waals surface area contributed by atoms with E-state index in [0.717, 1.165) is 25.0 Å². The number of hydrogen-bond donors (Lipinski definition) is 8. The van der Waals surface area contributed by atoms with Crippen molar-refractivity contribution in [2.75, 3.05) is 18.8 Å². The fourth-order valence-electron chi connectivity index (χ4n) is 8.34. The van der Waals surface area contributed by atoms with Gasteiger partial charge in [0, 0.05) is 43.4 Å². The predicted molar refractivity (Wildman–Crippen MR) is 256 cm³/mol. The van der Waals surface area contributed by atoms with Gasteiger partial charge in [-0.1, -0.05) is 69.5 Å². The molecule has 0 saturated carbocycles. The lowest BCUT2D eigenvalue weighted by Crippen LogP contribution is -2.58. The first kappa shape index (κ1) is 53.3. The summed E-state index contributed by atoms with van der Waals surface area (Å²) in [5.74, 6) is -4.72. The van der Waals surface area contributed by atoms with Gasteiger partial charge in [-0.25, -0.2) is 4.79 Å². The second kappa shape index (κ2) is 27.4. The Labute approximate surface area is 402 Å². The Hall–Kier alpha value is -5.62. The molecule has 3 aliphatic heterocycles. The van der Waals surface area contributed by atoms with Crippen LogP contribution in [0.2, 0.25) is 0 Å². The van der Waals surface area contributed by atoms with Crippen molar-refractivity contribution in [2.45, 2.75) is 145 Å². The number of aliphatic carboxylic acids is 2. The first-order chi connectivity index (χ1) is 32.7. The Kier molecular flexibility index (Phi) is 21.5. The number of nitrogens with one attached hydrogen (secondary N) is 6. The maximum absolute atomic E-state index is 14.3. The molecule has 3 aliphatic rings. The number of carbonyl (C=O) groups excluding carboxylic acids is 6. The van der Waals surface area contributed by atoms with Crippen LogP contribution in [-0.4, -0.2) is 123 Å². The number of amides is 7. The fourth-order valence-corrected chi connectivity index (χ4v) is 11.4. The Balaban J connectivity index is 1.11. The third-order valence-corrected chi connectivity index (χ3v) is 15.3. The number of carbonyl (C=O) groups is 8. The maximum Gasteiger partial charge on any atom is 0.315 e. The molecule has 5 rings (SSSR count). The average Bonchev–Trinajstić information content (AvgIpc) is 4.06. The van der Waals surface area contributed by atoms with E-state index in [4.69, 9.17) is 9.05 Å². The molecule has 0 spiro atoms. The standard InChI is InChI=1S/C47H66N7O12PS/c1-3-30(2)42(51-38(56)23-11-6-14-26-48-37(55)22-13-12-21-36-43-34(29-68-36)50-47(64)53-43)45(62)49-33(24-25-40(57)58)46(63)54-27-15-20-35(54)44(61)52-39(28-41(59)60)67(65-31-16-7-4-8-17-31)66-32-18-9-5-10-19-32/h4-5,7-10,16-19,30,33-36,39,42-43H,3,6,11-15,20-29H2,1-2H3,(H,48,55)(H,49,62)(H,51,56)(H,52,61)(H,57,58)(H,59,60)(H2,50,53,64). The van der Waals surface area contributed by atoms with Crippen molar-refractivity contribution in [2.24, 2.45) is 5.92 Å². The van der Waals surface area contributed by atoms with Crippen molar-refractivity contribution in [1.82, 2.24) is 36.8 Å². The van der Waals surface area contributed by atoms with Crippen LogP contribution in [0.15, 0.2) is 60.7 Å². The second-order valence-electron chi connectivity index (χ2n) is 17.4. The van der Waals surface area contributed by atoms with Crippen molar-refractivity contribution in [3.63, 3.8) is 0 Å². The highest BCUT2D eigenvalue weighted by atomic mass is 32.2. The topological polar surface area (TPSA) is 271 Å². The minimum atomic E-state index is -2.16. The van der Waals surface area contributed by atoms with Gasteiger partial charge in [0.15, 0.2) is 0 Å². The van der Waals surface area contributed by atoms with E-state index in [2.05, 4.69) is 31.9 Å². The van der Waals surface area contributed by atoms with E-state index in [-0.39, 0.29) is 61.7 Å². The number of nitrogens with zero attached hydrogens (tertiary/aromatic N) is 1. The summed E-state index contributed by atoms with van der Waals surface area (Å²) in [5.41, 5.74) is 0. The number of hydrogen-bond acceptors (Lipinski definition) is 11. The summed E-state index contributed by atoms with van der Waals surface area (Å²) in [7, 11) is -2.16. The lowest BCUT2D eigenvalue weighted by molar-refractivity contribution is -0.143. The molecule has 0 radical (unpaired) electrons. The first-order valence-electron chi connectivity index (χ1n) is 23.6. The molecular formula is C47H66N7O12PS. The molecule has 2 aromatic carbocycles. The minimum absolute atomic E-state index is 0.0286. The summed E-state index contributed by atoms with van der Waals surface area (Å²) in [5, 5.41) is 37.0. The van der Waals surface area contributed by atoms with E-state index >= 15 is 0 Å². The normalized spacial score (nSPS) is 20.2. The van der Waals surface area contributed by atoms with E-state index in [9.17, 15) is 48.6 Å². The van der Waals surface area contributed by atoms with Crippen LogP contribution >= 0.6 is 20.1 Å². The Morgan fingerprint density at radius 3 is 2.13 bits per heavy atom. The summed E-state index contributed by atoms with van der Waals surface area (Å²) in [4.78, 5) is 105. The third kappa shape index (κ3) is 16.9. The SMILES string of the molecule is CCC(C)C(NC(=O)CCCCCNC(=O)CCCCC1SCC2NC(=O)NC21)C(=O)NC(CCC(=O)O)C(=O)N1CCCC1C(=O)NC(CC(=O)O)P(Oc1ccccc1)Oc1ccccc1. The average molecular weight is 984 g/mol. The van der Waals surface area contributed by atoms with Crippen molar-refractivity contribution in [3.05, 3.63) is 60.7 Å². The monoisotopic (exact) mass is 983 g/mol. The minimum Gasteiger partial charge on any atom is -0.481 e. The molecule has 8 atom stereocenters. The number of unbranched alkanes of at least 4 members (excludes halogenated alkanes) is 3. The van der Waals surface area contributed by atoms with Crippen LogP contribution in [0.3, 0.4) is 0 Å². The zero-order valence-corrected chi connectivity index (χ0v) is 40.4. The zero-order valence-electron chi connectivity index (χ0n) is 38.7. The number of carboxylic acids is 2. The van der Waals surface area contributed by atoms with Gasteiger partial charge < -0.3 is 56.1 Å². The number of fused-ring (bicyclic) bond motifs is 1. The van der Waals surface area contributed by atoms with E-state index in [1.807, 2.05) is 18.7 Å². The second-order valence-corrected chi connectivity index (χ2v) is 20.2. The highest BCUT2D eigenvalue weighted by Gasteiger charge is 2.43. The molecule has 68 heavy (non-hydrogen) atoms. The van der Waals surface area contributed by atoms with Gasteiger partial charge in [-0.3, -0.25) is 33.6 Å². The number of urea groups is 1. The Morgan fingerprint density at radius 2 is 1.49 bits per heavy atom. The molecule has 0 bridgehead atoms. The van der Waals surface area contributed by atoms with Gasteiger partial charge in [-0.2, -0.15) is 11.8 Å². The molecule has 2 aromatic rings. The van der Waals surface area contributed by atoms with Crippen molar-refractivity contribution < 1.29 is 57.6 Å². The molecule has 3 heterocycles. The molecule has 3 saturated heterocycles. The highest BCUT2D eigenvalue weighted by Crippen LogP contribution is 2.45. The number of likely N-dealkylation sites (tertiary alicyclic amines) is 1. The van der Waals surface area contributed by atoms with Crippen LogP contribution in [0.5, 0.6) is 11.5 Å². The van der Waals surface area contributed by atoms with Crippen molar-refractivity contribution >= 4 is 67.6 Å². The van der Waals surface area contributed by atoms with Gasteiger partial charge in [0.1, 0.15) is 35.4 Å². The molecule has 372 valence electrons. The summed E-state index contributed by atoms with van der Waals surface area (Å²) in [6, 6.07) is 13.9. The molecule has 21 heteroatoms. The molecule has 8 unspecified atom stereocenters. The Bertz CT molecular complexity index is 1980. The van der Waals surface area contributed by atoms with Crippen LogP contribution in [0.4, 0.5) is 4.79 Å². The van der Waals surface area contributed by atoms with Gasteiger partial charge in [-0.15, -0.1) is 0 Å². The maximum atomic E-state index is 14.3. The first-order valence-corrected chi connectivity index (χ1v) is 25.9. The van der Waals surface area contributed by atoms with Crippen LogP contribution in [-0.2, 0) is 33.6 Å². The third-order valence-electron chi connectivity index (χ3n) is 12.2. The molecule has 3 fully saturated rings. The molecule has 0 aromatic heterocycles. The molecule has 8 N–H and O–H groups in total. The molecule has 19 nitrogen and oxygen atoms in total. The lowest BCUT2D eigenvalue weighted by Gasteiger charge is -2.32. The van der Waals surface area contributed by atoms with E-state index in [1.54, 1.807) is 67.6 Å². The van der Waals surface area contributed by atoms with Crippen molar-refractivity contribution in [3.8, 4) is 11.5 Å². The van der Waals surface area contributed by atoms with Gasteiger partial charge in [0.05, 0.1) is 18.5 Å². The van der Waals surface area contributed by atoms with Crippen molar-refractivity contribution in [1.29, 1.82) is 0 Å². The summed E-state index contributed by atoms with van der Waals surface area (Å²) < 4.78 is 12.3. The van der Waals surface area contributed by atoms with Crippen LogP contribution in [0.1, 0.15) is 104 Å². The quantitative estimate of drug-likeness (QED) is 0.0314. The summed E-state index contributed by atoms with van der Waals surface area (Å²) >= 11 is 1.85. The molecular weight excluding hydrogens is 918 g/mol. The van der Waals surface area contributed by atoms with Gasteiger partial charge >= 0.3 is 26.3 Å². The summed E-state index contributed by atoms with van der Waals surface area (Å²) in [6.07, 6.45) is 4.74. The largest absolute Gasteiger partial charge is 0.481 e. The van der Waals surface area contributed by atoms with Crippen LogP contribution in [0.25, 0.3) is 0 Å². The number of carboxylic acid groups (broad SMARTS) is 2. The van der Waals surface area contributed by atoms with E-state index in [1.165, 1.54) is 4.90 Å². The zero-order chi connectivity index (χ0) is 49.0. The number of benzene rings is 2. The van der Waals surface area contributed by atoms with Gasteiger partial charge in [0.25, 0.3) is 0 Å². The molecule has 7 amide bonds. The Morgan fingerprint density at radius 1 is 0.824 bits per heavy atom. The highest BCUT2D eigenvalue weighted by molar-refractivity contribution is 8.00. The molecule has 0 aliphatic carbocycles. The van der Waals surface area contributed by atoms with Crippen LogP contribution in [0, 0.1) is 5.92 Å². The van der Waals surface area contributed by atoms with E-state index in [0.29, 0.717) is 61.8 Å². The van der Waals surface area contributed by atoms with Gasteiger partial charge in [0.2, 0.25) is 29.5 Å². The predicted octanol–water partition coefficient (Wildman–Crippen LogP) is 4.65. The lowest BCUT2D eigenvalue weighted by atomic mass is 9.97. The van der Waals surface area contributed by atoms with Gasteiger partial charge in [-0.05, 0) is 75.1 Å². The summed E-state index contributed by atoms with van der Waals surface area (Å²) in [6.45, 7) is 4.22. The number of rotatable bonds is 29. The smallest absolute Gasteiger partial charge is 0.315 e. The number of para-hydroxylation sites is 2.